The third-order valence-electron chi connectivity index (χ3n) is 7.14. The minimum absolute atomic E-state index is 0.214. The molecular formula is C29H28N6O6. The fourth-order valence-corrected chi connectivity index (χ4v) is 4.97. The lowest BCUT2D eigenvalue weighted by Crippen LogP contribution is -2.58. The average Bonchev–Trinajstić information content (AvgIpc) is 3.44. The summed E-state index contributed by atoms with van der Waals surface area (Å²) in [5, 5.41) is 10.1. The number of benzene rings is 2. The summed E-state index contributed by atoms with van der Waals surface area (Å²) >= 11 is 0. The minimum Gasteiger partial charge on any atom is -0.493 e. The first kappa shape index (κ1) is 26.1. The molecule has 41 heavy (non-hydrogen) atoms. The lowest BCUT2D eigenvalue weighted by Gasteiger charge is -2.38. The van der Waals surface area contributed by atoms with Crippen LogP contribution < -0.4 is 24.8 Å². The van der Waals surface area contributed by atoms with Crippen molar-refractivity contribution < 1.29 is 28.6 Å². The summed E-state index contributed by atoms with van der Waals surface area (Å²) in [6, 6.07) is 15.1. The van der Waals surface area contributed by atoms with Gasteiger partial charge in [-0.1, -0.05) is 12.1 Å². The van der Waals surface area contributed by atoms with Gasteiger partial charge in [0.2, 0.25) is 0 Å². The van der Waals surface area contributed by atoms with Crippen molar-refractivity contribution >= 4 is 23.4 Å². The number of piperidine rings is 1. The van der Waals surface area contributed by atoms with Crippen molar-refractivity contribution in [2.45, 2.75) is 25.1 Å². The number of hydrogen-bond acceptors (Lipinski definition) is 8. The Hall–Kier alpha value is -5.13. The monoisotopic (exact) mass is 556 g/mol. The number of hydrogen-bond donors (Lipinski definition) is 2. The van der Waals surface area contributed by atoms with Crippen LogP contribution in [0.25, 0.3) is 5.65 Å². The van der Waals surface area contributed by atoms with Crippen molar-refractivity contribution in [1.82, 2.24) is 30.1 Å². The fourth-order valence-electron chi connectivity index (χ4n) is 4.97. The standard InChI is InChI=1S/C29H28N6O6/c1-39-24-9-6-19-13-25(24)40-17-27(36)31-14-18-4-7-20(8-5-18)41-23-10-12-34(16-21(23)33-28(19)37)29(38)22-15-30-26-3-2-11-32-35(22)26/h2-9,11,13,15,21,23H,10,12,14,16-17H2,1H3,(H,31,36)(H,33,37)/t21-,23+/m0/s1. The number of fused-ring (bicyclic) bond motifs is 8. The molecule has 1 fully saturated rings. The molecule has 0 aliphatic carbocycles. The number of carbonyl (C=O) groups excluding carboxylic acids is 3. The summed E-state index contributed by atoms with van der Waals surface area (Å²) in [6.45, 7) is 0.704. The number of aromatic nitrogens is 3. The van der Waals surface area contributed by atoms with E-state index in [4.69, 9.17) is 14.2 Å². The minimum atomic E-state index is -0.530. The number of carbonyl (C=O) groups is 3. The highest BCUT2D eigenvalue weighted by atomic mass is 16.5. The SMILES string of the molecule is COc1ccc2cc1OCC(=O)NCc1ccc(cc1)O[C@@H]1CCN(C(=O)c3cnc4cccnn34)C[C@@H]1NC2=O. The van der Waals surface area contributed by atoms with Crippen molar-refractivity contribution in [2.75, 3.05) is 26.8 Å². The number of imidazole rings is 1. The van der Waals surface area contributed by atoms with E-state index in [-0.39, 0.29) is 36.6 Å². The lowest BCUT2D eigenvalue weighted by atomic mass is 10.0. The van der Waals surface area contributed by atoms with E-state index in [1.807, 2.05) is 24.3 Å². The third kappa shape index (κ3) is 5.49. The van der Waals surface area contributed by atoms with Crippen LogP contribution >= 0.6 is 0 Å². The molecule has 4 aromatic rings. The molecule has 2 aromatic heterocycles. The molecular weight excluding hydrogens is 528 g/mol. The zero-order valence-corrected chi connectivity index (χ0v) is 22.3. The molecule has 12 nitrogen and oxygen atoms in total. The summed E-state index contributed by atoms with van der Waals surface area (Å²) in [6.07, 6.45) is 3.18. The Morgan fingerprint density at radius 2 is 1.98 bits per heavy atom. The zero-order valence-electron chi connectivity index (χ0n) is 22.3. The van der Waals surface area contributed by atoms with Crippen LogP contribution in [-0.4, -0.2) is 76.2 Å². The predicted octanol–water partition coefficient (Wildman–Crippen LogP) is 1.84. The van der Waals surface area contributed by atoms with Gasteiger partial charge >= 0.3 is 0 Å². The third-order valence-corrected chi connectivity index (χ3v) is 7.14. The van der Waals surface area contributed by atoms with Crippen LogP contribution in [0.15, 0.2) is 67.0 Å². The Kier molecular flexibility index (Phi) is 7.11. The van der Waals surface area contributed by atoms with Crippen molar-refractivity contribution in [3.8, 4) is 17.2 Å². The molecule has 2 N–H and O–H groups in total. The van der Waals surface area contributed by atoms with Gasteiger partial charge in [-0.15, -0.1) is 0 Å². The van der Waals surface area contributed by atoms with E-state index in [0.717, 1.165) is 5.56 Å². The van der Waals surface area contributed by atoms with Crippen LogP contribution in [0.1, 0.15) is 32.8 Å². The number of rotatable bonds is 2. The van der Waals surface area contributed by atoms with E-state index in [1.54, 1.807) is 35.4 Å². The largest absolute Gasteiger partial charge is 0.493 e. The van der Waals surface area contributed by atoms with Gasteiger partial charge in [-0.2, -0.15) is 5.10 Å². The molecule has 7 rings (SSSR count). The summed E-state index contributed by atoms with van der Waals surface area (Å²) < 4.78 is 18.9. The maximum atomic E-state index is 13.5. The number of methoxy groups -OCH3 is 1. The van der Waals surface area contributed by atoms with Crippen molar-refractivity contribution in [2.24, 2.45) is 0 Å². The van der Waals surface area contributed by atoms with Crippen LogP contribution in [0.2, 0.25) is 0 Å². The van der Waals surface area contributed by atoms with Crippen molar-refractivity contribution in [3.63, 3.8) is 0 Å². The second-order valence-electron chi connectivity index (χ2n) is 9.79. The van der Waals surface area contributed by atoms with Gasteiger partial charge in [0.15, 0.2) is 29.4 Å². The highest BCUT2D eigenvalue weighted by molar-refractivity contribution is 5.96. The Morgan fingerprint density at radius 3 is 2.80 bits per heavy atom. The van der Waals surface area contributed by atoms with E-state index < -0.39 is 12.1 Å². The van der Waals surface area contributed by atoms with Gasteiger partial charge in [-0.25, -0.2) is 9.50 Å². The van der Waals surface area contributed by atoms with E-state index >= 15 is 0 Å². The second-order valence-corrected chi connectivity index (χ2v) is 9.79. The van der Waals surface area contributed by atoms with Gasteiger partial charge in [0, 0.05) is 37.8 Å². The summed E-state index contributed by atoms with van der Waals surface area (Å²) in [4.78, 5) is 45.4. The second kappa shape index (κ2) is 11.2. The summed E-state index contributed by atoms with van der Waals surface area (Å²) in [5.74, 6) is 0.328. The molecule has 2 atom stereocenters. The van der Waals surface area contributed by atoms with Crippen molar-refractivity contribution in [3.05, 3.63) is 83.8 Å². The highest BCUT2D eigenvalue weighted by Crippen LogP contribution is 2.29. The van der Waals surface area contributed by atoms with Crippen LogP contribution in [0.4, 0.5) is 0 Å². The van der Waals surface area contributed by atoms with Crippen LogP contribution in [-0.2, 0) is 11.3 Å². The molecule has 0 saturated carbocycles. The normalized spacial score (nSPS) is 19.3. The number of nitrogens with one attached hydrogen (secondary N) is 2. The first-order chi connectivity index (χ1) is 20.0. The Labute approximate surface area is 235 Å². The first-order valence-electron chi connectivity index (χ1n) is 13.2. The Morgan fingerprint density at radius 1 is 1.12 bits per heavy atom. The van der Waals surface area contributed by atoms with Gasteiger partial charge in [0.05, 0.1) is 19.3 Å². The van der Waals surface area contributed by atoms with Gasteiger partial charge in [-0.05, 0) is 48.0 Å². The molecule has 0 radical (unpaired) electrons. The van der Waals surface area contributed by atoms with Gasteiger partial charge in [0.25, 0.3) is 17.7 Å². The maximum absolute atomic E-state index is 13.5. The summed E-state index contributed by atoms with van der Waals surface area (Å²) in [5.41, 5.74) is 2.11. The smallest absolute Gasteiger partial charge is 0.274 e. The molecule has 5 heterocycles. The predicted molar refractivity (Wildman–Crippen MR) is 146 cm³/mol. The number of likely N-dealkylation sites (tertiary alicyclic amines) is 1. The average molecular weight is 557 g/mol. The van der Waals surface area contributed by atoms with Gasteiger partial charge in [-0.3, -0.25) is 14.4 Å². The quantitative estimate of drug-likeness (QED) is 0.382. The molecule has 210 valence electrons. The van der Waals surface area contributed by atoms with E-state index in [2.05, 4.69) is 20.7 Å². The fraction of sp³-hybridized carbons (Fsp3) is 0.276. The molecule has 12 heteroatoms. The number of ether oxygens (including phenoxy) is 3. The molecule has 3 aliphatic heterocycles. The lowest BCUT2D eigenvalue weighted by molar-refractivity contribution is -0.123. The maximum Gasteiger partial charge on any atom is 0.274 e. The highest BCUT2D eigenvalue weighted by Gasteiger charge is 2.35. The molecule has 2 aromatic carbocycles. The molecule has 0 spiro atoms. The number of amides is 3. The molecule has 1 saturated heterocycles. The molecule has 3 aliphatic rings. The molecule has 3 amide bonds. The van der Waals surface area contributed by atoms with Crippen molar-refractivity contribution in [1.29, 1.82) is 0 Å². The molecule has 0 unspecified atom stereocenters. The summed E-state index contributed by atoms with van der Waals surface area (Å²) in [7, 11) is 1.48. The first-order valence-corrected chi connectivity index (χ1v) is 13.2. The van der Waals surface area contributed by atoms with E-state index in [0.29, 0.717) is 47.9 Å². The van der Waals surface area contributed by atoms with E-state index in [9.17, 15) is 14.4 Å². The molecule has 4 bridgehead atoms. The Bertz CT molecular complexity index is 1600. The topological polar surface area (TPSA) is 136 Å². The van der Waals surface area contributed by atoms with E-state index in [1.165, 1.54) is 23.9 Å². The number of nitrogens with zero attached hydrogens (tertiary/aromatic N) is 4. The van der Waals surface area contributed by atoms with Crippen LogP contribution in [0.5, 0.6) is 17.2 Å². The van der Waals surface area contributed by atoms with Gasteiger partial charge < -0.3 is 29.7 Å². The Balaban J connectivity index is 1.30. The van der Waals surface area contributed by atoms with Gasteiger partial charge in [0.1, 0.15) is 11.9 Å². The van der Waals surface area contributed by atoms with Crippen LogP contribution in [0.3, 0.4) is 0 Å². The zero-order chi connectivity index (χ0) is 28.3. The van der Waals surface area contributed by atoms with Crippen LogP contribution in [0, 0.1) is 0 Å².